The largest absolute Gasteiger partial charge is 0.458 e. The van der Waals surface area contributed by atoms with E-state index < -0.39 is 11.9 Å². The Kier molecular flexibility index (Phi) is 4.73. The van der Waals surface area contributed by atoms with Crippen LogP contribution in [0.15, 0.2) is 18.3 Å². The first-order chi connectivity index (χ1) is 9.49. The van der Waals surface area contributed by atoms with Gasteiger partial charge in [-0.2, -0.15) is 4.39 Å². The Labute approximate surface area is 119 Å². The molecule has 1 fully saturated rings. The van der Waals surface area contributed by atoms with Gasteiger partial charge in [0.05, 0.1) is 0 Å². The lowest BCUT2D eigenvalue weighted by atomic mass is 9.75. The maximum atomic E-state index is 13.5. The van der Waals surface area contributed by atoms with Crippen molar-refractivity contribution in [2.24, 2.45) is 17.8 Å². The van der Waals surface area contributed by atoms with Crippen molar-refractivity contribution in [3.63, 3.8) is 0 Å². The summed E-state index contributed by atoms with van der Waals surface area (Å²) in [6.07, 6.45) is 4.29. The molecule has 0 spiro atoms. The molecule has 3 nitrogen and oxygen atoms in total. The number of hydrogen-bond acceptors (Lipinski definition) is 3. The van der Waals surface area contributed by atoms with Gasteiger partial charge >= 0.3 is 5.97 Å². The maximum absolute atomic E-state index is 13.5. The molecule has 0 radical (unpaired) electrons. The molecule has 1 aliphatic rings. The van der Waals surface area contributed by atoms with E-state index in [-0.39, 0.29) is 11.7 Å². The van der Waals surface area contributed by atoms with Crippen molar-refractivity contribution in [2.45, 2.75) is 46.1 Å². The van der Waals surface area contributed by atoms with Gasteiger partial charge in [0.2, 0.25) is 5.95 Å². The Morgan fingerprint density at radius 2 is 2.20 bits per heavy atom. The van der Waals surface area contributed by atoms with Gasteiger partial charge in [0, 0.05) is 6.20 Å². The van der Waals surface area contributed by atoms with Crippen molar-refractivity contribution in [1.82, 2.24) is 4.98 Å². The molecular formula is C16H22FNO2. The molecule has 0 aliphatic heterocycles. The molecule has 1 heterocycles. The highest BCUT2D eigenvalue weighted by molar-refractivity contribution is 5.89. The van der Waals surface area contributed by atoms with E-state index in [1.165, 1.54) is 12.3 Å². The molecule has 0 saturated heterocycles. The Morgan fingerprint density at radius 1 is 1.45 bits per heavy atom. The first-order valence-electron chi connectivity index (χ1n) is 7.30. The minimum Gasteiger partial charge on any atom is -0.458 e. The highest BCUT2D eigenvalue weighted by Gasteiger charge is 2.34. The third-order valence-electron chi connectivity index (χ3n) is 4.20. The van der Waals surface area contributed by atoms with E-state index in [1.54, 1.807) is 6.07 Å². The molecule has 0 N–H and O–H groups in total. The third kappa shape index (κ3) is 3.35. The van der Waals surface area contributed by atoms with Crippen LogP contribution >= 0.6 is 0 Å². The Morgan fingerprint density at radius 3 is 2.85 bits per heavy atom. The molecule has 0 bridgehead atoms. The lowest BCUT2D eigenvalue weighted by Crippen LogP contribution is -2.36. The molecule has 20 heavy (non-hydrogen) atoms. The summed E-state index contributed by atoms with van der Waals surface area (Å²) in [5.74, 6) is -0.00159. The van der Waals surface area contributed by atoms with Crippen molar-refractivity contribution < 1.29 is 13.9 Å². The van der Waals surface area contributed by atoms with Crippen LogP contribution < -0.4 is 0 Å². The van der Waals surface area contributed by atoms with E-state index in [9.17, 15) is 9.18 Å². The number of carbonyl (C=O) groups is 1. The molecule has 0 amide bonds. The number of ether oxygens (including phenoxy) is 1. The van der Waals surface area contributed by atoms with Gasteiger partial charge in [-0.25, -0.2) is 9.78 Å². The predicted molar refractivity (Wildman–Crippen MR) is 74.7 cm³/mol. The van der Waals surface area contributed by atoms with Gasteiger partial charge < -0.3 is 4.74 Å². The van der Waals surface area contributed by atoms with Gasteiger partial charge in [0.1, 0.15) is 11.7 Å². The summed E-state index contributed by atoms with van der Waals surface area (Å²) in [7, 11) is 0. The van der Waals surface area contributed by atoms with Crippen LogP contribution in [0, 0.1) is 23.7 Å². The molecule has 4 heteroatoms. The number of pyridine rings is 1. The zero-order chi connectivity index (χ0) is 14.7. The van der Waals surface area contributed by atoms with Crippen LogP contribution in [0.2, 0.25) is 0 Å². The van der Waals surface area contributed by atoms with Crippen molar-refractivity contribution in [3.05, 3.63) is 29.8 Å². The maximum Gasteiger partial charge on any atom is 0.343 e. The van der Waals surface area contributed by atoms with Gasteiger partial charge in [-0.3, -0.25) is 0 Å². The Bertz CT molecular complexity index is 475. The molecule has 1 aliphatic carbocycles. The molecule has 110 valence electrons. The Balaban J connectivity index is 2.10. The molecule has 3 unspecified atom stereocenters. The Hall–Kier alpha value is -1.45. The van der Waals surface area contributed by atoms with Crippen LogP contribution in [0.4, 0.5) is 4.39 Å². The lowest BCUT2D eigenvalue weighted by molar-refractivity contribution is -0.0178. The second-order valence-electron chi connectivity index (χ2n) is 6.11. The van der Waals surface area contributed by atoms with E-state index >= 15 is 0 Å². The SMILES string of the molecule is CC1CCC(C(C)C)C(OC(=O)c2cccnc2F)C1. The summed E-state index contributed by atoms with van der Waals surface area (Å²) in [4.78, 5) is 15.6. The van der Waals surface area contributed by atoms with Crippen molar-refractivity contribution in [2.75, 3.05) is 0 Å². The highest BCUT2D eigenvalue weighted by Crippen LogP contribution is 2.35. The lowest BCUT2D eigenvalue weighted by Gasteiger charge is -2.36. The molecule has 1 aromatic heterocycles. The molecule has 1 saturated carbocycles. The average Bonchev–Trinajstić information content (AvgIpc) is 2.38. The van der Waals surface area contributed by atoms with E-state index in [4.69, 9.17) is 4.74 Å². The van der Waals surface area contributed by atoms with Crippen LogP contribution in [0.25, 0.3) is 0 Å². The fraction of sp³-hybridized carbons (Fsp3) is 0.625. The number of halogens is 1. The van der Waals surface area contributed by atoms with E-state index in [0.717, 1.165) is 19.3 Å². The monoisotopic (exact) mass is 279 g/mol. The van der Waals surface area contributed by atoms with E-state index in [2.05, 4.69) is 25.8 Å². The topological polar surface area (TPSA) is 39.2 Å². The van der Waals surface area contributed by atoms with E-state index in [1.807, 2.05) is 0 Å². The second kappa shape index (κ2) is 6.33. The number of rotatable bonds is 3. The second-order valence-corrected chi connectivity index (χ2v) is 6.11. The summed E-state index contributed by atoms with van der Waals surface area (Å²) >= 11 is 0. The molecule has 0 aromatic carbocycles. The van der Waals surface area contributed by atoms with Crippen molar-refractivity contribution >= 4 is 5.97 Å². The summed E-state index contributed by atoms with van der Waals surface area (Å²) in [6, 6.07) is 2.96. The first-order valence-corrected chi connectivity index (χ1v) is 7.30. The third-order valence-corrected chi connectivity index (χ3v) is 4.20. The predicted octanol–water partition coefficient (Wildman–Crippen LogP) is 3.84. The number of hydrogen-bond donors (Lipinski definition) is 0. The van der Waals surface area contributed by atoms with Crippen molar-refractivity contribution in [3.8, 4) is 0 Å². The van der Waals surface area contributed by atoms with E-state index in [0.29, 0.717) is 17.8 Å². The number of nitrogens with zero attached hydrogens (tertiary/aromatic N) is 1. The summed E-state index contributed by atoms with van der Waals surface area (Å²) in [6.45, 7) is 6.46. The minimum atomic E-state index is -0.762. The number of esters is 1. The van der Waals surface area contributed by atoms with Gasteiger partial charge in [-0.1, -0.05) is 27.2 Å². The van der Waals surface area contributed by atoms with Crippen molar-refractivity contribution in [1.29, 1.82) is 0 Å². The quantitative estimate of drug-likeness (QED) is 0.623. The standard InChI is InChI=1S/C16H22FNO2/c1-10(2)12-7-6-11(3)9-14(12)20-16(19)13-5-4-8-18-15(13)17/h4-5,8,10-12,14H,6-7,9H2,1-3H3. The van der Waals surface area contributed by atoms with Gasteiger partial charge in [-0.15, -0.1) is 0 Å². The fourth-order valence-corrected chi connectivity index (χ4v) is 2.99. The first kappa shape index (κ1) is 14.9. The molecular weight excluding hydrogens is 257 g/mol. The number of aromatic nitrogens is 1. The van der Waals surface area contributed by atoms with Gasteiger partial charge in [0.15, 0.2) is 0 Å². The van der Waals surface area contributed by atoms with Gasteiger partial charge in [-0.05, 0) is 42.7 Å². The fourth-order valence-electron chi connectivity index (χ4n) is 2.99. The number of carbonyl (C=O) groups excluding carboxylic acids is 1. The van der Waals surface area contributed by atoms with Crippen LogP contribution in [0.3, 0.4) is 0 Å². The smallest absolute Gasteiger partial charge is 0.343 e. The van der Waals surface area contributed by atoms with Crippen LogP contribution in [-0.2, 0) is 4.74 Å². The zero-order valence-corrected chi connectivity index (χ0v) is 12.3. The molecule has 2 rings (SSSR count). The van der Waals surface area contributed by atoms with Gasteiger partial charge in [0.25, 0.3) is 0 Å². The minimum absolute atomic E-state index is 0.0757. The van der Waals surface area contributed by atoms with Crippen LogP contribution in [0.5, 0.6) is 0 Å². The summed E-state index contributed by atoms with van der Waals surface area (Å²) in [5.41, 5.74) is -0.0757. The van der Waals surface area contributed by atoms with Crippen LogP contribution in [0.1, 0.15) is 50.4 Å². The summed E-state index contributed by atoms with van der Waals surface area (Å²) < 4.78 is 19.1. The normalized spacial score (nSPS) is 26.6. The highest BCUT2D eigenvalue weighted by atomic mass is 19.1. The average molecular weight is 279 g/mol. The molecule has 3 atom stereocenters. The van der Waals surface area contributed by atoms with Crippen LogP contribution in [-0.4, -0.2) is 17.1 Å². The molecule has 1 aromatic rings. The zero-order valence-electron chi connectivity index (χ0n) is 12.3. The summed E-state index contributed by atoms with van der Waals surface area (Å²) in [5, 5.41) is 0.